The maximum Gasteiger partial charge on any atom is 0.259 e. The van der Waals surface area contributed by atoms with Crippen LogP contribution in [0.2, 0.25) is 0 Å². The second-order valence-electron chi connectivity index (χ2n) is 9.58. The van der Waals surface area contributed by atoms with Crippen molar-refractivity contribution < 1.29 is 14.3 Å². The number of aromatic nitrogens is 1. The number of ether oxygens (including phenoxy) is 1. The SMILES string of the molecule is COc1ccccc1Cn1cc(C(=O)NCCC(C)C)c(=O)c(C(=O)N2CCc3ccccc3C2)c1. The second-order valence-corrected chi connectivity index (χ2v) is 9.58. The molecule has 188 valence electrons. The molecule has 0 saturated carbocycles. The number of hydrogen-bond acceptors (Lipinski definition) is 4. The van der Waals surface area contributed by atoms with Crippen LogP contribution in [0.25, 0.3) is 0 Å². The third-order valence-corrected chi connectivity index (χ3v) is 6.52. The normalized spacial score (nSPS) is 12.8. The van der Waals surface area contributed by atoms with E-state index >= 15 is 0 Å². The number of nitrogens with one attached hydrogen (secondary N) is 1. The van der Waals surface area contributed by atoms with Gasteiger partial charge in [0.2, 0.25) is 5.43 Å². The molecule has 0 fully saturated rings. The summed E-state index contributed by atoms with van der Waals surface area (Å²) in [6.45, 7) is 5.91. The smallest absolute Gasteiger partial charge is 0.259 e. The molecule has 1 aliphatic heterocycles. The van der Waals surface area contributed by atoms with Crippen LogP contribution in [-0.2, 0) is 19.5 Å². The molecule has 1 aromatic heterocycles. The average Bonchev–Trinajstić information content (AvgIpc) is 2.88. The largest absolute Gasteiger partial charge is 0.496 e. The van der Waals surface area contributed by atoms with Crippen LogP contribution in [-0.4, -0.2) is 41.5 Å². The quantitative estimate of drug-likeness (QED) is 0.523. The van der Waals surface area contributed by atoms with Crippen LogP contribution in [0.4, 0.5) is 0 Å². The number of methoxy groups -OCH3 is 1. The third kappa shape index (κ3) is 5.67. The van der Waals surface area contributed by atoms with Gasteiger partial charge in [0, 0.05) is 37.6 Å². The van der Waals surface area contributed by atoms with Crippen molar-refractivity contribution in [2.75, 3.05) is 20.2 Å². The molecule has 1 N–H and O–H groups in total. The Kier molecular flexibility index (Phi) is 7.88. The van der Waals surface area contributed by atoms with Crippen LogP contribution in [0.5, 0.6) is 5.75 Å². The number of hydrogen-bond donors (Lipinski definition) is 1. The van der Waals surface area contributed by atoms with Gasteiger partial charge in [-0.15, -0.1) is 0 Å². The zero-order valence-corrected chi connectivity index (χ0v) is 21.1. The van der Waals surface area contributed by atoms with E-state index in [1.54, 1.807) is 22.8 Å². The molecule has 2 heterocycles. The van der Waals surface area contributed by atoms with E-state index in [9.17, 15) is 14.4 Å². The van der Waals surface area contributed by atoms with Gasteiger partial charge in [-0.05, 0) is 36.0 Å². The van der Waals surface area contributed by atoms with Gasteiger partial charge in [0.25, 0.3) is 11.8 Å². The van der Waals surface area contributed by atoms with E-state index in [0.717, 1.165) is 24.0 Å². The molecule has 0 unspecified atom stereocenters. The van der Waals surface area contributed by atoms with Crippen molar-refractivity contribution in [1.29, 1.82) is 0 Å². The van der Waals surface area contributed by atoms with E-state index in [-0.39, 0.29) is 17.0 Å². The minimum absolute atomic E-state index is 0.000730. The summed E-state index contributed by atoms with van der Waals surface area (Å²) in [7, 11) is 1.60. The molecule has 3 aromatic rings. The minimum Gasteiger partial charge on any atom is -0.496 e. The summed E-state index contributed by atoms with van der Waals surface area (Å²) in [4.78, 5) is 41.7. The molecule has 0 bridgehead atoms. The van der Waals surface area contributed by atoms with Crippen LogP contribution in [0, 0.1) is 5.92 Å². The average molecular weight is 488 g/mol. The van der Waals surface area contributed by atoms with Crippen molar-refractivity contribution in [3.63, 3.8) is 0 Å². The first kappa shape index (κ1) is 25.2. The summed E-state index contributed by atoms with van der Waals surface area (Å²) in [5.41, 5.74) is 2.59. The fourth-order valence-electron chi connectivity index (χ4n) is 4.48. The number of nitrogens with zero attached hydrogens (tertiary/aromatic N) is 2. The van der Waals surface area contributed by atoms with Crippen LogP contribution in [0.15, 0.2) is 65.7 Å². The number of pyridine rings is 1. The van der Waals surface area contributed by atoms with Gasteiger partial charge in [-0.2, -0.15) is 0 Å². The number of fused-ring (bicyclic) bond motifs is 1. The second kappa shape index (κ2) is 11.2. The van der Waals surface area contributed by atoms with E-state index in [1.807, 2.05) is 42.5 Å². The first-order valence-electron chi connectivity index (χ1n) is 12.4. The van der Waals surface area contributed by atoms with Crippen molar-refractivity contribution in [3.8, 4) is 5.75 Å². The molecule has 36 heavy (non-hydrogen) atoms. The Morgan fingerprint density at radius 3 is 2.44 bits per heavy atom. The van der Waals surface area contributed by atoms with E-state index in [2.05, 4.69) is 25.2 Å². The van der Waals surface area contributed by atoms with Crippen LogP contribution in [0.3, 0.4) is 0 Å². The van der Waals surface area contributed by atoms with Crippen molar-refractivity contribution in [3.05, 3.63) is 99.0 Å². The van der Waals surface area contributed by atoms with E-state index in [4.69, 9.17) is 4.74 Å². The molecule has 4 rings (SSSR count). The maximum absolute atomic E-state index is 13.6. The predicted molar refractivity (Wildman–Crippen MR) is 139 cm³/mol. The minimum atomic E-state index is -0.544. The number of carbonyl (C=O) groups excluding carboxylic acids is 2. The summed E-state index contributed by atoms with van der Waals surface area (Å²) in [6, 6.07) is 15.6. The molecular weight excluding hydrogens is 454 g/mol. The summed E-state index contributed by atoms with van der Waals surface area (Å²) in [6.07, 6.45) is 4.62. The summed E-state index contributed by atoms with van der Waals surface area (Å²) in [5.74, 6) is 0.287. The van der Waals surface area contributed by atoms with E-state index < -0.39 is 11.3 Å². The molecule has 0 atom stereocenters. The number of carbonyl (C=O) groups is 2. The van der Waals surface area contributed by atoms with Gasteiger partial charge in [0.15, 0.2) is 0 Å². The van der Waals surface area contributed by atoms with Gasteiger partial charge in [-0.3, -0.25) is 14.4 Å². The lowest BCUT2D eigenvalue weighted by Crippen LogP contribution is -2.40. The van der Waals surface area contributed by atoms with Crippen LogP contribution in [0.1, 0.15) is 57.7 Å². The molecule has 2 amide bonds. The zero-order valence-electron chi connectivity index (χ0n) is 21.1. The van der Waals surface area contributed by atoms with Gasteiger partial charge in [0.05, 0.1) is 13.7 Å². The number of rotatable bonds is 8. The van der Waals surface area contributed by atoms with Crippen LogP contribution < -0.4 is 15.5 Å². The Balaban J connectivity index is 1.69. The lowest BCUT2D eigenvalue weighted by Gasteiger charge is -2.29. The molecule has 7 heteroatoms. The van der Waals surface area contributed by atoms with Gasteiger partial charge >= 0.3 is 0 Å². The Morgan fingerprint density at radius 1 is 1.00 bits per heavy atom. The topological polar surface area (TPSA) is 80.6 Å². The Morgan fingerprint density at radius 2 is 1.69 bits per heavy atom. The summed E-state index contributed by atoms with van der Waals surface area (Å²) in [5, 5.41) is 2.84. The highest BCUT2D eigenvalue weighted by molar-refractivity contribution is 5.99. The van der Waals surface area contributed by atoms with Crippen molar-refractivity contribution in [2.24, 2.45) is 5.92 Å². The number of para-hydroxylation sites is 1. The molecular formula is C29H33N3O4. The fourth-order valence-corrected chi connectivity index (χ4v) is 4.48. The molecule has 0 spiro atoms. The van der Waals surface area contributed by atoms with Gasteiger partial charge in [-0.1, -0.05) is 56.3 Å². The highest BCUT2D eigenvalue weighted by Gasteiger charge is 2.26. The number of benzene rings is 2. The zero-order chi connectivity index (χ0) is 25.7. The monoisotopic (exact) mass is 487 g/mol. The number of amides is 2. The standard InChI is InChI=1S/C29H33N3O4/c1-20(2)12-14-30-28(34)24-18-31(16-23-10-6-7-11-26(23)36-3)19-25(27(24)33)29(35)32-15-13-21-8-4-5-9-22(21)17-32/h4-11,18-20H,12-17H2,1-3H3,(H,30,34). The van der Waals surface area contributed by atoms with Crippen molar-refractivity contribution in [1.82, 2.24) is 14.8 Å². The predicted octanol–water partition coefficient (Wildman–Crippen LogP) is 3.88. The summed E-state index contributed by atoms with van der Waals surface area (Å²) >= 11 is 0. The Bertz CT molecular complexity index is 1310. The van der Waals surface area contributed by atoms with E-state index in [0.29, 0.717) is 37.8 Å². The van der Waals surface area contributed by atoms with Gasteiger partial charge in [0.1, 0.15) is 16.9 Å². The summed E-state index contributed by atoms with van der Waals surface area (Å²) < 4.78 is 7.20. The Hall–Kier alpha value is -3.87. The third-order valence-electron chi connectivity index (χ3n) is 6.52. The van der Waals surface area contributed by atoms with Gasteiger partial charge in [-0.25, -0.2) is 0 Å². The molecule has 0 saturated heterocycles. The molecule has 7 nitrogen and oxygen atoms in total. The fraction of sp³-hybridized carbons (Fsp3) is 0.345. The lowest BCUT2D eigenvalue weighted by molar-refractivity contribution is 0.0732. The van der Waals surface area contributed by atoms with Crippen LogP contribution >= 0.6 is 0 Å². The highest BCUT2D eigenvalue weighted by atomic mass is 16.5. The highest BCUT2D eigenvalue weighted by Crippen LogP contribution is 2.21. The first-order valence-corrected chi connectivity index (χ1v) is 12.4. The molecule has 1 aliphatic rings. The first-order chi connectivity index (χ1) is 17.4. The maximum atomic E-state index is 13.6. The van der Waals surface area contributed by atoms with E-state index in [1.165, 1.54) is 11.8 Å². The molecule has 2 aromatic carbocycles. The van der Waals surface area contributed by atoms with Gasteiger partial charge < -0.3 is 19.5 Å². The Labute approximate surface area is 211 Å². The molecule has 0 aliphatic carbocycles. The lowest BCUT2D eigenvalue weighted by atomic mass is 9.99. The molecule has 0 radical (unpaired) electrons. The van der Waals surface area contributed by atoms with Crippen molar-refractivity contribution in [2.45, 2.75) is 39.8 Å². The van der Waals surface area contributed by atoms with Crippen molar-refractivity contribution >= 4 is 11.8 Å².